The third kappa shape index (κ3) is 11.2. The van der Waals surface area contributed by atoms with Crippen LogP contribution in [-0.2, 0) is 25.8 Å². The maximum Gasteiger partial charge on any atom is 0.184 e. The summed E-state index contributed by atoms with van der Waals surface area (Å²) in [7, 11) is -3.55. The van der Waals surface area contributed by atoms with Gasteiger partial charge >= 0.3 is 0 Å². The molecule has 0 aromatic heterocycles. The highest BCUT2D eigenvalue weighted by Gasteiger charge is 2.27. The molecule has 0 aliphatic heterocycles. The number of hydrogen-bond donors (Lipinski definition) is 0. The fraction of sp³-hybridized carbons (Fsp3) is 0.933. The Kier molecular flexibility index (Phi) is 11.5. The predicted molar refractivity (Wildman–Crippen MR) is 89.8 cm³/mol. The highest BCUT2D eigenvalue weighted by atomic mass is 32.2. The minimum Gasteiger partial charge on any atom is -0.748 e. The van der Waals surface area contributed by atoms with Gasteiger partial charge in [0.1, 0.15) is 11.5 Å². The van der Waals surface area contributed by atoms with E-state index >= 15 is 0 Å². The summed E-state index contributed by atoms with van der Waals surface area (Å²) in [6.07, 6.45) is 6.13. The predicted octanol–water partition coefficient (Wildman–Crippen LogP) is 2.74. The molecule has 1 rings (SSSR count). The Bertz CT molecular complexity index is 369. The number of carbonyl (C=O) groups is 1. The Morgan fingerprint density at radius 1 is 1.14 bits per heavy atom. The molecule has 1 saturated carbocycles. The maximum absolute atomic E-state index is 11.8. The zero-order valence-electron chi connectivity index (χ0n) is 13.6. The van der Waals surface area contributed by atoms with Gasteiger partial charge in [-0.05, 0) is 44.0 Å². The molecule has 0 aromatic rings. The summed E-state index contributed by atoms with van der Waals surface area (Å²) in [5, 5.41) is 0. The summed E-state index contributed by atoms with van der Waals surface area (Å²) in [4.78, 5) is 11.8. The first-order valence-electron chi connectivity index (χ1n) is 7.94. The minimum atomic E-state index is -3.94. The molecule has 0 spiro atoms. The lowest BCUT2D eigenvalue weighted by atomic mass is 10.0. The second-order valence-corrected chi connectivity index (χ2v) is 9.59. The molecule has 21 heavy (non-hydrogen) atoms. The van der Waals surface area contributed by atoms with Crippen molar-refractivity contribution in [3.8, 4) is 0 Å². The van der Waals surface area contributed by atoms with E-state index < -0.39 is 10.1 Å². The highest BCUT2D eigenvalue weighted by molar-refractivity contribution is 7.97. The normalized spacial score (nSPS) is 15.9. The van der Waals surface area contributed by atoms with E-state index in [0.29, 0.717) is 29.0 Å². The van der Waals surface area contributed by atoms with E-state index in [1.165, 1.54) is 37.2 Å². The Hall–Kier alpha value is -0.0700. The van der Waals surface area contributed by atoms with Crippen LogP contribution in [0.2, 0.25) is 0 Å². The average molecular weight is 339 g/mol. The van der Waals surface area contributed by atoms with Crippen LogP contribution < -0.4 is 0 Å². The summed E-state index contributed by atoms with van der Waals surface area (Å²) < 4.78 is 29.5. The number of rotatable bonds is 8. The lowest BCUT2D eigenvalue weighted by molar-refractivity contribution is -0.120. The van der Waals surface area contributed by atoms with E-state index in [4.69, 9.17) is 0 Å². The molecule has 0 amide bonds. The van der Waals surface area contributed by atoms with Crippen LogP contribution in [0.3, 0.4) is 0 Å². The third-order valence-electron chi connectivity index (χ3n) is 3.72. The first-order chi connectivity index (χ1) is 9.84. The highest BCUT2D eigenvalue weighted by Crippen LogP contribution is 2.26. The molecule has 1 aliphatic carbocycles. The quantitative estimate of drug-likeness (QED) is 0.504. The topological polar surface area (TPSA) is 74.3 Å². The van der Waals surface area contributed by atoms with E-state index in [9.17, 15) is 17.8 Å². The lowest BCUT2D eigenvalue weighted by Gasteiger charge is -2.07. The summed E-state index contributed by atoms with van der Waals surface area (Å²) in [5.41, 5.74) is 0. The monoisotopic (exact) mass is 338 g/mol. The molecule has 0 heterocycles. The first-order valence-corrected chi connectivity index (χ1v) is 11.2. The van der Waals surface area contributed by atoms with Crippen molar-refractivity contribution in [1.29, 1.82) is 0 Å². The van der Waals surface area contributed by atoms with Gasteiger partial charge in [0.15, 0.2) is 11.5 Å². The molecule has 6 heteroatoms. The van der Waals surface area contributed by atoms with Gasteiger partial charge in [-0.15, -0.1) is 0 Å². The smallest absolute Gasteiger partial charge is 0.184 e. The van der Waals surface area contributed by atoms with Crippen molar-refractivity contribution in [3.63, 3.8) is 0 Å². The van der Waals surface area contributed by atoms with Gasteiger partial charge < -0.3 is 4.55 Å². The maximum atomic E-state index is 11.8. The standard InChI is InChI=1S/C11H21OS.C4H10O3S/c1-3-13(4-2)9-11(12)10-7-5-6-8-10;1-2-3-4-8(5,6)7/h10H,3-9H2,1-2H3;2-4H2,1H3,(H,5,6,7)/q+1;/p-1. The van der Waals surface area contributed by atoms with Crippen molar-refractivity contribution in [3.05, 3.63) is 0 Å². The van der Waals surface area contributed by atoms with Crippen LogP contribution in [0.4, 0.5) is 0 Å². The molecular weight excluding hydrogens is 308 g/mol. The summed E-state index contributed by atoms with van der Waals surface area (Å²) in [6.45, 7) is 6.24. The largest absolute Gasteiger partial charge is 0.748 e. The number of hydrogen-bond acceptors (Lipinski definition) is 4. The van der Waals surface area contributed by atoms with E-state index in [-0.39, 0.29) is 5.75 Å². The van der Waals surface area contributed by atoms with Crippen molar-refractivity contribution in [2.24, 2.45) is 5.92 Å². The average Bonchev–Trinajstić information content (AvgIpc) is 2.96. The van der Waals surface area contributed by atoms with Crippen LogP contribution in [0.5, 0.6) is 0 Å². The molecule has 0 unspecified atom stereocenters. The second kappa shape index (κ2) is 11.5. The molecule has 0 radical (unpaired) electrons. The van der Waals surface area contributed by atoms with Crippen molar-refractivity contribution >= 4 is 26.8 Å². The van der Waals surface area contributed by atoms with Crippen molar-refractivity contribution in [1.82, 2.24) is 0 Å². The van der Waals surface area contributed by atoms with Crippen molar-refractivity contribution < 1.29 is 17.8 Å². The second-order valence-electron chi connectivity index (χ2n) is 5.40. The van der Waals surface area contributed by atoms with Crippen LogP contribution in [0.15, 0.2) is 0 Å². The van der Waals surface area contributed by atoms with Gasteiger partial charge in [0.05, 0.1) is 10.1 Å². The summed E-state index contributed by atoms with van der Waals surface area (Å²) >= 11 is 0. The SMILES string of the molecule is CCCCS(=O)(=O)[O-].CC[S+](CC)CC(=O)C1CCCC1. The first kappa shape index (κ1) is 20.9. The zero-order chi connectivity index (χ0) is 16.3. The summed E-state index contributed by atoms with van der Waals surface area (Å²) in [5.74, 6) is 4.03. The fourth-order valence-corrected chi connectivity index (χ4v) is 4.39. The Morgan fingerprint density at radius 2 is 1.67 bits per heavy atom. The minimum absolute atomic E-state index is 0.219. The van der Waals surface area contributed by atoms with Gasteiger partial charge in [0.25, 0.3) is 0 Å². The Morgan fingerprint density at radius 3 is 2.00 bits per heavy atom. The number of ketones is 1. The van der Waals surface area contributed by atoms with Gasteiger partial charge in [-0.2, -0.15) is 0 Å². The fourth-order valence-electron chi connectivity index (χ4n) is 2.30. The van der Waals surface area contributed by atoms with Crippen LogP contribution in [0.25, 0.3) is 0 Å². The van der Waals surface area contributed by atoms with Gasteiger partial charge in [0.2, 0.25) is 0 Å². The molecule has 0 N–H and O–H groups in total. The molecule has 0 saturated heterocycles. The number of carbonyl (C=O) groups excluding carboxylic acids is 1. The zero-order valence-corrected chi connectivity index (χ0v) is 15.2. The van der Waals surface area contributed by atoms with Gasteiger partial charge in [-0.25, -0.2) is 8.42 Å². The van der Waals surface area contributed by atoms with Crippen LogP contribution >= 0.6 is 0 Å². The molecular formula is C15H30O4S2. The molecule has 1 aliphatic rings. The van der Waals surface area contributed by atoms with Crippen molar-refractivity contribution in [2.75, 3.05) is 23.0 Å². The number of Topliss-reactive ketones (excluding diaryl/α,β-unsaturated/α-hetero) is 1. The molecule has 0 atom stereocenters. The number of unbranched alkanes of at least 4 members (excludes halogenated alkanes) is 1. The van der Waals surface area contributed by atoms with Gasteiger partial charge in [0, 0.05) is 11.7 Å². The van der Waals surface area contributed by atoms with Crippen LogP contribution in [0.1, 0.15) is 59.3 Å². The van der Waals surface area contributed by atoms with Crippen LogP contribution in [-0.4, -0.2) is 41.8 Å². The van der Waals surface area contributed by atoms with E-state index in [1.807, 2.05) is 6.92 Å². The molecule has 1 fully saturated rings. The third-order valence-corrected chi connectivity index (χ3v) is 6.84. The Balaban J connectivity index is 0.000000433. The van der Waals surface area contributed by atoms with E-state index in [1.54, 1.807) is 0 Å². The van der Waals surface area contributed by atoms with Crippen molar-refractivity contribution in [2.45, 2.75) is 59.3 Å². The summed E-state index contributed by atoms with van der Waals surface area (Å²) in [6, 6.07) is 0. The molecule has 4 nitrogen and oxygen atoms in total. The molecule has 0 aromatic carbocycles. The molecule has 126 valence electrons. The van der Waals surface area contributed by atoms with Crippen LogP contribution in [0, 0.1) is 5.92 Å². The lowest BCUT2D eigenvalue weighted by Crippen LogP contribution is -2.24. The van der Waals surface area contributed by atoms with E-state index in [0.717, 1.165) is 12.2 Å². The van der Waals surface area contributed by atoms with Gasteiger partial charge in [-0.1, -0.05) is 26.2 Å². The van der Waals surface area contributed by atoms with E-state index in [2.05, 4.69) is 13.8 Å². The van der Waals surface area contributed by atoms with Gasteiger partial charge in [-0.3, -0.25) is 4.79 Å². The Labute approximate surface area is 133 Å². The molecule has 0 bridgehead atoms.